The number of carbonyl (C=O) groups excluding carboxylic acids is 1. The number of hydrogen-bond donors (Lipinski definition) is 3. The molecule has 2 amide bonds. The van der Waals surface area contributed by atoms with Crippen LogP contribution in [-0.4, -0.2) is 30.2 Å². The zero-order chi connectivity index (χ0) is 13.9. The maximum atomic E-state index is 11.4. The lowest BCUT2D eigenvalue weighted by molar-refractivity contribution is -0.137. The fourth-order valence-corrected chi connectivity index (χ4v) is 2.19. The van der Waals surface area contributed by atoms with E-state index in [0.29, 0.717) is 6.54 Å². The Bertz CT molecular complexity index is 278. The molecule has 3 N–H and O–H groups in total. The third-order valence-corrected chi connectivity index (χ3v) is 3.67. The highest BCUT2D eigenvalue weighted by Gasteiger charge is 2.16. The van der Waals surface area contributed by atoms with Crippen LogP contribution in [0.3, 0.4) is 0 Å². The smallest absolute Gasteiger partial charge is 0.314 e. The van der Waals surface area contributed by atoms with Crippen LogP contribution < -0.4 is 10.6 Å². The summed E-state index contributed by atoms with van der Waals surface area (Å²) >= 11 is 0. The summed E-state index contributed by atoms with van der Waals surface area (Å²) in [6.07, 6.45) is 8.85. The molecule has 0 aliphatic heterocycles. The van der Waals surface area contributed by atoms with Crippen LogP contribution in [0, 0.1) is 5.92 Å². The van der Waals surface area contributed by atoms with Crippen molar-refractivity contribution in [2.24, 2.45) is 5.92 Å². The number of amides is 2. The average molecular weight is 270 g/mol. The van der Waals surface area contributed by atoms with Crippen molar-refractivity contribution in [1.82, 2.24) is 10.6 Å². The van der Waals surface area contributed by atoms with Gasteiger partial charge in [0.05, 0.1) is 0 Å². The molecule has 0 saturated heterocycles. The van der Waals surface area contributed by atoms with E-state index >= 15 is 0 Å². The van der Waals surface area contributed by atoms with Crippen LogP contribution in [0.1, 0.15) is 57.8 Å². The summed E-state index contributed by atoms with van der Waals surface area (Å²) in [5, 5.41) is 14.2. The second-order valence-electron chi connectivity index (χ2n) is 5.33. The van der Waals surface area contributed by atoms with E-state index in [0.717, 1.165) is 44.6 Å². The minimum atomic E-state index is -0.732. The number of carboxylic acids is 1. The van der Waals surface area contributed by atoms with Crippen molar-refractivity contribution in [2.45, 2.75) is 57.8 Å². The number of aliphatic carboxylic acids is 1. The van der Waals surface area contributed by atoms with E-state index in [2.05, 4.69) is 10.6 Å². The van der Waals surface area contributed by atoms with E-state index in [1.165, 1.54) is 19.3 Å². The molecule has 110 valence electrons. The molecule has 1 saturated carbocycles. The minimum absolute atomic E-state index is 0.0788. The molecule has 1 aliphatic rings. The van der Waals surface area contributed by atoms with Gasteiger partial charge in [-0.25, -0.2) is 4.79 Å². The first-order chi connectivity index (χ1) is 9.18. The largest absolute Gasteiger partial charge is 0.481 e. The number of carbonyl (C=O) groups is 2. The van der Waals surface area contributed by atoms with Crippen LogP contribution in [0.25, 0.3) is 0 Å². The monoisotopic (exact) mass is 270 g/mol. The van der Waals surface area contributed by atoms with Gasteiger partial charge < -0.3 is 15.7 Å². The molecule has 0 heterocycles. The zero-order valence-corrected chi connectivity index (χ0v) is 11.6. The Morgan fingerprint density at radius 3 is 2.32 bits per heavy atom. The third kappa shape index (κ3) is 8.46. The van der Waals surface area contributed by atoms with Gasteiger partial charge in [-0.2, -0.15) is 0 Å². The van der Waals surface area contributed by atoms with Gasteiger partial charge in [0.1, 0.15) is 0 Å². The fraction of sp³-hybridized carbons (Fsp3) is 0.857. The summed E-state index contributed by atoms with van der Waals surface area (Å²) < 4.78 is 0. The molecule has 19 heavy (non-hydrogen) atoms. The SMILES string of the molecule is O=C(O)CCCCCCNC(=O)NCCC1CCC1. The lowest BCUT2D eigenvalue weighted by Crippen LogP contribution is -2.37. The lowest BCUT2D eigenvalue weighted by atomic mass is 9.83. The van der Waals surface area contributed by atoms with E-state index < -0.39 is 5.97 Å². The van der Waals surface area contributed by atoms with Gasteiger partial charge in [-0.3, -0.25) is 4.79 Å². The summed E-state index contributed by atoms with van der Waals surface area (Å²) in [6.45, 7) is 1.44. The maximum absolute atomic E-state index is 11.4. The van der Waals surface area contributed by atoms with Crippen LogP contribution in [-0.2, 0) is 4.79 Å². The van der Waals surface area contributed by atoms with Gasteiger partial charge in [0.15, 0.2) is 0 Å². The van der Waals surface area contributed by atoms with Gasteiger partial charge >= 0.3 is 12.0 Å². The Balaban J connectivity index is 1.80. The molecule has 1 aliphatic carbocycles. The number of urea groups is 1. The van der Waals surface area contributed by atoms with Gasteiger partial charge in [-0.15, -0.1) is 0 Å². The Hall–Kier alpha value is -1.26. The Kier molecular flexibility index (Phi) is 8.02. The first-order valence-electron chi connectivity index (χ1n) is 7.42. The van der Waals surface area contributed by atoms with E-state index in [1.54, 1.807) is 0 Å². The molecule has 0 spiro atoms. The topological polar surface area (TPSA) is 78.4 Å². The summed E-state index contributed by atoms with van der Waals surface area (Å²) in [4.78, 5) is 21.7. The summed E-state index contributed by atoms with van der Waals surface area (Å²) in [7, 11) is 0. The highest BCUT2D eigenvalue weighted by atomic mass is 16.4. The lowest BCUT2D eigenvalue weighted by Gasteiger charge is -2.25. The molecule has 0 bridgehead atoms. The molecule has 0 aromatic rings. The first-order valence-corrected chi connectivity index (χ1v) is 7.42. The fourth-order valence-electron chi connectivity index (χ4n) is 2.19. The number of hydrogen-bond acceptors (Lipinski definition) is 2. The third-order valence-electron chi connectivity index (χ3n) is 3.67. The molecule has 0 aromatic heterocycles. The number of rotatable bonds is 10. The number of carboxylic acid groups (broad SMARTS) is 1. The van der Waals surface area contributed by atoms with Crippen molar-refractivity contribution >= 4 is 12.0 Å². The van der Waals surface area contributed by atoms with Gasteiger partial charge in [0.25, 0.3) is 0 Å². The Morgan fingerprint density at radius 1 is 1.00 bits per heavy atom. The molecule has 1 fully saturated rings. The molecular formula is C14H26N2O3. The van der Waals surface area contributed by atoms with Crippen LogP contribution >= 0.6 is 0 Å². The standard InChI is InChI=1S/C14H26N2O3/c17-13(18)8-3-1-2-4-10-15-14(19)16-11-9-12-6-5-7-12/h12H,1-11H2,(H,17,18)(H2,15,16,19). The van der Waals surface area contributed by atoms with Gasteiger partial charge in [0.2, 0.25) is 0 Å². The van der Waals surface area contributed by atoms with Crippen molar-refractivity contribution in [1.29, 1.82) is 0 Å². The van der Waals surface area contributed by atoms with E-state index in [-0.39, 0.29) is 12.5 Å². The van der Waals surface area contributed by atoms with Crippen molar-refractivity contribution in [2.75, 3.05) is 13.1 Å². The highest BCUT2D eigenvalue weighted by molar-refractivity contribution is 5.73. The Labute approximate surface area is 115 Å². The second-order valence-corrected chi connectivity index (χ2v) is 5.33. The quantitative estimate of drug-likeness (QED) is 0.534. The molecule has 0 unspecified atom stereocenters. The second kappa shape index (κ2) is 9.64. The maximum Gasteiger partial charge on any atom is 0.314 e. The van der Waals surface area contributed by atoms with Crippen molar-refractivity contribution in [3.63, 3.8) is 0 Å². The van der Waals surface area contributed by atoms with Crippen LogP contribution in [0.4, 0.5) is 4.79 Å². The van der Waals surface area contributed by atoms with E-state index in [1.807, 2.05) is 0 Å². The molecule has 5 nitrogen and oxygen atoms in total. The summed E-state index contributed by atoms with van der Waals surface area (Å²) in [5.41, 5.74) is 0. The first kappa shape index (κ1) is 15.8. The number of nitrogens with one attached hydrogen (secondary N) is 2. The predicted octanol–water partition coefficient (Wildman–Crippen LogP) is 2.51. The predicted molar refractivity (Wildman–Crippen MR) is 74.1 cm³/mol. The normalized spacial score (nSPS) is 14.7. The van der Waals surface area contributed by atoms with Gasteiger partial charge in [0, 0.05) is 19.5 Å². The average Bonchev–Trinajstić information content (AvgIpc) is 2.30. The summed E-state index contributed by atoms with van der Waals surface area (Å²) in [5.74, 6) is 0.0958. The summed E-state index contributed by atoms with van der Waals surface area (Å²) in [6, 6.07) is -0.0788. The Morgan fingerprint density at radius 2 is 1.68 bits per heavy atom. The van der Waals surface area contributed by atoms with Crippen LogP contribution in [0.15, 0.2) is 0 Å². The number of unbranched alkanes of at least 4 members (excludes halogenated alkanes) is 3. The highest BCUT2D eigenvalue weighted by Crippen LogP contribution is 2.28. The van der Waals surface area contributed by atoms with Crippen molar-refractivity contribution in [3.8, 4) is 0 Å². The van der Waals surface area contributed by atoms with Gasteiger partial charge in [-0.1, -0.05) is 32.1 Å². The van der Waals surface area contributed by atoms with E-state index in [4.69, 9.17) is 5.11 Å². The molecule has 0 radical (unpaired) electrons. The molecule has 5 heteroatoms. The molecule has 0 aromatic carbocycles. The van der Waals surface area contributed by atoms with Crippen LogP contribution in [0.2, 0.25) is 0 Å². The molecule has 1 rings (SSSR count). The van der Waals surface area contributed by atoms with Crippen molar-refractivity contribution in [3.05, 3.63) is 0 Å². The van der Waals surface area contributed by atoms with Crippen LogP contribution in [0.5, 0.6) is 0 Å². The molecular weight excluding hydrogens is 244 g/mol. The van der Waals surface area contributed by atoms with Crippen molar-refractivity contribution < 1.29 is 14.7 Å². The minimum Gasteiger partial charge on any atom is -0.481 e. The van der Waals surface area contributed by atoms with Gasteiger partial charge in [-0.05, 0) is 25.2 Å². The zero-order valence-electron chi connectivity index (χ0n) is 11.6. The molecule has 0 atom stereocenters. The van der Waals surface area contributed by atoms with E-state index in [9.17, 15) is 9.59 Å².